The molecule has 0 saturated carbocycles. The van der Waals surface area contributed by atoms with Gasteiger partial charge in [-0.15, -0.1) is 0 Å². The van der Waals surface area contributed by atoms with Crippen molar-refractivity contribution in [1.29, 1.82) is 0 Å². The van der Waals surface area contributed by atoms with Crippen molar-refractivity contribution in [2.24, 2.45) is 0 Å². The monoisotopic (exact) mass is 264 g/mol. The van der Waals surface area contributed by atoms with E-state index in [9.17, 15) is 4.79 Å². The number of nitrogens with two attached hydrogens (primary N) is 1. The van der Waals surface area contributed by atoms with E-state index in [1.165, 1.54) is 25.1 Å². The molecule has 0 spiro atoms. The van der Waals surface area contributed by atoms with E-state index >= 15 is 0 Å². The van der Waals surface area contributed by atoms with Crippen LogP contribution in [0.25, 0.3) is 0 Å². The molecular weight excluding hydrogens is 252 g/mol. The third-order valence-electron chi connectivity index (χ3n) is 2.26. The van der Waals surface area contributed by atoms with Crippen LogP contribution in [0.15, 0.2) is 40.1 Å². The van der Waals surface area contributed by atoms with Gasteiger partial charge in [0, 0.05) is 0 Å². The molecule has 0 fully saturated rings. The van der Waals surface area contributed by atoms with Gasteiger partial charge < -0.3 is 14.9 Å². The van der Waals surface area contributed by atoms with E-state index in [0.717, 1.165) is 5.76 Å². The van der Waals surface area contributed by atoms with Crippen LogP contribution in [0.3, 0.4) is 0 Å². The van der Waals surface area contributed by atoms with Crippen molar-refractivity contribution in [3.8, 4) is 0 Å². The Kier molecular flexibility index (Phi) is 3.88. The molecule has 18 heavy (non-hydrogen) atoms. The van der Waals surface area contributed by atoms with Crippen molar-refractivity contribution in [2.45, 2.75) is 10.8 Å². The van der Waals surface area contributed by atoms with Gasteiger partial charge in [0.2, 0.25) is 0 Å². The highest BCUT2D eigenvalue weighted by molar-refractivity contribution is 7.98. The molecular formula is C12H12N2O3S. The van der Waals surface area contributed by atoms with Gasteiger partial charge in [0.1, 0.15) is 5.76 Å². The normalized spacial score (nSPS) is 10.3. The van der Waals surface area contributed by atoms with E-state index < -0.39 is 5.97 Å². The topological polar surface area (TPSA) is 78.3 Å². The molecule has 0 saturated heterocycles. The highest BCUT2D eigenvalue weighted by Crippen LogP contribution is 2.24. The summed E-state index contributed by atoms with van der Waals surface area (Å²) in [5.41, 5.74) is 6.30. The zero-order valence-corrected chi connectivity index (χ0v) is 10.6. The van der Waals surface area contributed by atoms with Gasteiger partial charge >= 0.3 is 5.97 Å². The zero-order valence-electron chi connectivity index (χ0n) is 9.75. The zero-order chi connectivity index (χ0) is 13.0. The highest BCUT2D eigenvalue weighted by atomic mass is 32.2. The van der Waals surface area contributed by atoms with E-state index in [1.807, 2.05) is 12.1 Å². The minimum absolute atomic E-state index is 0.309. The number of pyridine rings is 1. The summed E-state index contributed by atoms with van der Waals surface area (Å²) in [7, 11) is 1.32. The smallest absolute Gasteiger partial charge is 0.340 e. The number of nitrogen functional groups attached to an aromatic ring is 1. The molecule has 0 aliphatic rings. The standard InChI is InChI=1S/C12H12N2O3S/c1-16-12(15)9-5-11(14-6-10(9)13)18-7-8-3-2-4-17-8/h2-6H,7,13H2,1H3. The fraction of sp³-hybridized carbons (Fsp3) is 0.167. The van der Waals surface area contributed by atoms with Crippen LogP contribution in [-0.4, -0.2) is 18.1 Å². The third-order valence-corrected chi connectivity index (χ3v) is 3.21. The SMILES string of the molecule is COC(=O)c1cc(SCc2ccco2)ncc1N. The molecule has 2 aromatic heterocycles. The molecule has 0 bridgehead atoms. The third kappa shape index (κ3) is 2.84. The predicted octanol–water partition coefficient (Wildman–Crippen LogP) is 2.34. The van der Waals surface area contributed by atoms with Crippen molar-refractivity contribution < 1.29 is 13.9 Å². The van der Waals surface area contributed by atoms with E-state index in [4.69, 9.17) is 10.2 Å². The number of aromatic nitrogens is 1. The average molecular weight is 264 g/mol. The lowest BCUT2D eigenvalue weighted by Crippen LogP contribution is -2.06. The van der Waals surface area contributed by atoms with Crippen LogP contribution in [0.1, 0.15) is 16.1 Å². The number of carbonyl (C=O) groups is 1. The van der Waals surface area contributed by atoms with E-state index in [1.54, 1.807) is 12.3 Å². The quantitative estimate of drug-likeness (QED) is 0.674. The molecule has 2 heterocycles. The molecule has 2 aromatic rings. The lowest BCUT2D eigenvalue weighted by Gasteiger charge is -2.05. The van der Waals surface area contributed by atoms with Crippen LogP contribution in [-0.2, 0) is 10.5 Å². The molecule has 0 atom stereocenters. The van der Waals surface area contributed by atoms with Crippen molar-refractivity contribution in [1.82, 2.24) is 4.98 Å². The summed E-state index contributed by atoms with van der Waals surface area (Å²) >= 11 is 1.46. The summed E-state index contributed by atoms with van der Waals surface area (Å²) in [6.07, 6.45) is 3.07. The van der Waals surface area contributed by atoms with E-state index in [2.05, 4.69) is 9.72 Å². The molecule has 2 N–H and O–H groups in total. The Bertz CT molecular complexity index is 540. The van der Waals surface area contributed by atoms with E-state index in [0.29, 0.717) is 22.0 Å². The lowest BCUT2D eigenvalue weighted by atomic mass is 10.2. The fourth-order valence-corrected chi connectivity index (χ4v) is 2.14. The summed E-state index contributed by atoms with van der Waals surface area (Å²) in [5, 5.41) is 0.695. The molecule has 94 valence electrons. The van der Waals surface area contributed by atoms with Crippen LogP contribution >= 0.6 is 11.8 Å². The van der Waals surface area contributed by atoms with Crippen LogP contribution in [0.4, 0.5) is 5.69 Å². The lowest BCUT2D eigenvalue weighted by molar-refractivity contribution is 0.0601. The second-order valence-corrected chi connectivity index (χ2v) is 4.47. The first kappa shape index (κ1) is 12.5. The minimum atomic E-state index is -0.463. The number of carbonyl (C=O) groups excluding carboxylic acids is 1. The number of rotatable bonds is 4. The Hall–Kier alpha value is -1.95. The number of hydrogen-bond donors (Lipinski definition) is 1. The number of methoxy groups -OCH3 is 1. The Morgan fingerprint density at radius 3 is 3.11 bits per heavy atom. The number of furan rings is 1. The van der Waals surface area contributed by atoms with Gasteiger partial charge in [0.05, 0.1) is 41.6 Å². The largest absolute Gasteiger partial charge is 0.468 e. The second-order valence-electron chi connectivity index (χ2n) is 3.47. The molecule has 6 heteroatoms. The first-order valence-electron chi connectivity index (χ1n) is 5.19. The van der Waals surface area contributed by atoms with Gasteiger partial charge in [0.15, 0.2) is 0 Å². The summed E-state index contributed by atoms with van der Waals surface area (Å²) in [4.78, 5) is 15.6. The van der Waals surface area contributed by atoms with Gasteiger partial charge in [-0.25, -0.2) is 9.78 Å². The van der Waals surface area contributed by atoms with E-state index in [-0.39, 0.29) is 0 Å². The van der Waals surface area contributed by atoms with Gasteiger partial charge in [-0.05, 0) is 18.2 Å². The Morgan fingerprint density at radius 1 is 1.61 bits per heavy atom. The number of anilines is 1. The van der Waals surface area contributed by atoms with Gasteiger partial charge in [-0.1, -0.05) is 11.8 Å². The minimum Gasteiger partial charge on any atom is -0.468 e. The average Bonchev–Trinajstić information content (AvgIpc) is 2.90. The van der Waals surface area contributed by atoms with Crippen LogP contribution in [0.5, 0.6) is 0 Å². The maximum atomic E-state index is 11.5. The molecule has 0 aliphatic heterocycles. The number of esters is 1. The predicted molar refractivity (Wildman–Crippen MR) is 68.3 cm³/mol. The summed E-state index contributed by atoms with van der Waals surface area (Å²) < 4.78 is 9.86. The summed E-state index contributed by atoms with van der Waals surface area (Å²) in [5.74, 6) is 1.03. The number of hydrogen-bond acceptors (Lipinski definition) is 6. The Balaban J connectivity index is 2.12. The maximum Gasteiger partial charge on any atom is 0.340 e. The molecule has 0 amide bonds. The van der Waals surface area contributed by atoms with Crippen LogP contribution in [0.2, 0.25) is 0 Å². The van der Waals surface area contributed by atoms with Gasteiger partial charge in [-0.2, -0.15) is 0 Å². The molecule has 2 rings (SSSR count). The van der Waals surface area contributed by atoms with Crippen molar-refractivity contribution >= 4 is 23.4 Å². The fourth-order valence-electron chi connectivity index (χ4n) is 1.35. The number of thioether (sulfide) groups is 1. The summed E-state index contributed by atoms with van der Waals surface area (Å²) in [6.45, 7) is 0. The van der Waals surface area contributed by atoms with Crippen LogP contribution in [0, 0.1) is 0 Å². The molecule has 0 radical (unpaired) electrons. The van der Waals surface area contributed by atoms with Gasteiger partial charge in [-0.3, -0.25) is 0 Å². The molecule has 0 aromatic carbocycles. The van der Waals surface area contributed by atoms with Crippen molar-refractivity contribution in [3.05, 3.63) is 42.0 Å². The maximum absolute atomic E-state index is 11.5. The molecule has 0 aliphatic carbocycles. The number of ether oxygens (including phenoxy) is 1. The first-order valence-corrected chi connectivity index (χ1v) is 6.18. The Labute approximate surface area is 108 Å². The molecule has 0 unspecified atom stereocenters. The van der Waals surface area contributed by atoms with Gasteiger partial charge in [0.25, 0.3) is 0 Å². The number of nitrogens with zero attached hydrogens (tertiary/aromatic N) is 1. The second kappa shape index (κ2) is 5.59. The van der Waals surface area contributed by atoms with Crippen molar-refractivity contribution in [2.75, 3.05) is 12.8 Å². The summed E-state index contributed by atoms with van der Waals surface area (Å²) in [6, 6.07) is 5.33. The highest BCUT2D eigenvalue weighted by Gasteiger charge is 2.12. The van der Waals surface area contributed by atoms with Crippen molar-refractivity contribution in [3.63, 3.8) is 0 Å². The Morgan fingerprint density at radius 2 is 2.44 bits per heavy atom. The first-order chi connectivity index (χ1) is 8.70. The molecule has 5 nitrogen and oxygen atoms in total. The van der Waals surface area contributed by atoms with Crippen LogP contribution < -0.4 is 5.73 Å².